The predicted molar refractivity (Wildman–Crippen MR) is 119 cm³/mol. The normalized spacial score (nSPS) is 11.7. The third-order valence-electron chi connectivity index (χ3n) is 3.51. The Morgan fingerprint density at radius 3 is 2.46 bits per heavy atom. The Bertz CT molecular complexity index is 776. The lowest BCUT2D eigenvalue weighted by Crippen LogP contribution is -2.38. The molecular weight excluding hydrogens is 483 g/mol. The third kappa shape index (κ3) is 7.22. The van der Waals surface area contributed by atoms with E-state index >= 15 is 0 Å². The topological polar surface area (TPSA) is 82.6 Å². The van der Waals surface area contributed by atoms with Gasteiger partial charge < -0.3 is 10.6 Å². The van der Waals surface area contributed by atoms with Gasteiger partial charge in [-0.05, 0) is 49.5 Å². The number of sulfonamides is 1. The van der Waals surface area contributed by atoms with Crippen molar-refractivity contribution < 1.29 is 8.42 Å². The van der Waals surface area contributed by atoms with Gasteiger partial charge in [0.15, 0.2) is 5.96 Å². The maximum atomic E-state index is 11.7. The van der Waals surface area contributed by atoms with E-state index < -0.39 is 10.0 Å². The molecule has 0 bridgehead atoms. The van der Waals surface area contributed by atoms with Crippen molar-refractivity contribution in [3.05, 3.63) is 52.2 Å². The summed E-state index contributed by atoms with van der Waals surface area (Å²) in [6.45, 7) is 4.10. The van der Waals surface area contributed by atoms with Crippen LogP contribution in [0.25, 0.3) is 0 Å². The number of aliphatic imine (C=N–C) groups is 1. The second-order valence-electron chi connectivity index (χ2n) is 5.30. The monoisotopic (exact) mass is 508 g/mol. The number of halogens is 1. The molecule has 1 heterocycles. The summed E-state index contributed by atoms with van der Waals surface area (Å²) < 4.78 is 25.7. The summed E-state index contributed by atoms with van der Waals surface area (Å²) in [4.78, 5) is 6.14. The van der Waals surface area contributed by atoms with Gasteiger partial charge >= 0.3 is 0 Å². The van der Waals surface area contributed by atoms with Gasteiger partial charge in [-0.15, -0.1) is 35.3 Å². The SMILES string of the molecule is CCNC(=NCc1ccc(S(=O)(=O)NC)cc1)NCCc1cccs1.I. The molecule has 0 saturated heterocycles. The van der Waals surface area contributed by atoms with E-state index in [1.165, 1.54) is 11.9 Å². The lowest BCUT2D eigenvalue weighted by Gasteiger charge is -2.11. The molecule has 0 aliphatic heterocycles. The quantitative estimate of drug-likeness (QED) is 0.291. The van der Waals surface area contributed by atoms with E-state index in [1.807, 2.05) is 6.92 Å². The molecule has 3 N–H and O–H groups in total. The van der Waals surface area contributed by atoms with Crippen molar-refractivity contribution in [2.75, 3.05) is 20.1 Å². The molecule has 9 heteroatoms. The number of rotatable bonds is 8. The van der Waals surface area contributed by atoms with Crippen LogP contribution in [0.5, 0.6) is 0 Å². The Morgan fingerprint density at radius 2 is 1.88 bits per heavy atom. The summed E-state index contributed by atoms with van der Waals surface area (Å²) in [5.41, 5.74) is 0.950. The standard InChI is InChI=1S/C17H24N4O2S2.HI/c1-3-19-17(20-11-10-15-5-4-12-24-15)21-13-14-6-8-16(9-7-14)25(22,23)18-2;/h4-9,12,18H,3,10-11,13H2,1-2H3,(H2,19,20,21);1H. The first-order chi connectivity index (χ1) is 12.0. The Hall–Kier alpha value is -1.17. The molecule has 0 amide bonds. The first kappa shape index (κ1) is 22.9. The summed E-state index contributed by atoms with van der Waals surface area (Å²) in [7, 11) is -2.00. The van der Waals surface area contributed by atoms with Crippen LogP contribution in [0.4, 0.5) is 0 Å². The molecule has 0 aliphatic rings. The molecule has 0 saturated carbocycles. The summed E-state index contributed by atoms with van der Waals surface area (Å²) >= 11 is 1.75. The van der Waals surface area contributed by atoms with Gasteiger partial charge in [-0.1, -0.05) is 18.2 Å². The van der Waals surface area contributed by atoms with Crippen molar-refractivity contribution >= 4 is 51.3 Å². The van der Waals surface area contributed by atoms with E-state index in [0.717, 1.165) is 31.0 Å². The van der Waals surface area contributed by atoms with Crippen LogP contribution < -0.4 is 15.4 Å². The number of hydrogen-bond donors (Lipinski definition) is 3. The summed E-state index contributed by atoms with van der Waals surface area (Å²) in [5.74, 6) is 0.756. The minimum atomic E-state index is -3.40. The van der Waals surface area contributed by atoms with Gasteiger partial charge in [-0.3, -0.25) is 0 Å². The van der Waals surface area contributed by atoms with Crippen LogP contribution in [-0.4, -0.2) is 34.5 Å². The van der Waals surface area contributed by atoms with Gasteiger partial charge in [0.05, 0.1) is 11.4 Å². The van der Waals surface area contributed by atoms with Crippen LogP contribution in [0.15, 0.2) is 51.7 Å². The number of hydrogen-bond acceptors (Lipinski definition) is 4. The Labute approximate surface area is 176 Å². The molecule has 144 valence electrons. The second-order valence-corrected chi connectivity index (χ2v) is 8.22. The summed E-state index contributed by atoms with van der Waals surface area (Å²) in [6, 6.07) is 10.9. The highest BCUT2D eigenvalue weighted by molar-refractivity contribution is 14.0. The van der Waals surface area contributed by atoms with Crippen molar-refractivity contribution in [1.82, 2.24) is 15.4 Å². The predicted octanol–water partition coefficient (Wildman–Crippen LogP) is 2.57. The zero-order chi connectivity index (χ0) is 18.1. The number of thiophene rings is 1. The van der Waals surface area contributed by atoms with Gasteiger partial charge in [0.1, 0.15) is 0 Å². The fourth-order valence-corrected chi connectivity index (χ4v) is 3.60. The van der Waals surface area contributed by atoms with Gasteiger partial charge in [0.25, 0.3) is 0 Å². The van der Waals surface area contributed by atoms with Gasteiger partial charge in [-0.2, -0.15) is 0 Å². The van der Waals surface area contributed by atoms with Crippen LogP contribution in [0.2, 0.25) is 0 Å². The minimum absolute atomic E-state index is 0. The number of nitrogens with zero attached hydrogens (tertiary/aromatic N) is 1. The molecule has 1 aromatic carbocycles. The number of nitrogens with one attached hydrogen (secondary N) is 3. The van der Waals surface area contributed by atoms with Crippen LogP contribution in [-0.2, 0) is 23.0 Å². The number of guanidine groups is 1. The van der Waals surface area contributed by atoms with E-state index in [0.29, 0.717) is 6.54 Å². The van der Waals surface area contributed by atoms with Crippen LogP contribution in [0, 0.1) is 0 Å². The fraction of sp³-hybridized carbons (Fsp3) is 0.353. The lowest BCUT2D eigenvalue weighted by molar-refractivity contribution is 0.588. The Kier molecular flexibility index (Phi) is 10.1. The van der Waals surface area contributed by atoms with Crippen molar-refractivity contribution in [3.8, 4) is 0 Å². The molecule has 1 aromatic heterocycles. The van der Waals surface area contributed by atoms with Crippen molar-refractivity contribution in [1.29, 1.82) is 0 Å². The van der Waals surface area contributed by atoms with E-state index in [1.54, 1.807) is 35.6 Å². The van der Waals surface area contributed by atoms with Crippen molar-refractivity contribution in [3.63, 3.8) is 0 Å². The van der Waals surface area contributed by atoms with E-state index in [-0.39, 0.29) is 28.9 Å². The van der Waals surface area contributed by atoms with Gasteiger partial charge in [0.2, 0.25) is 10.0 Å². The molecule has 0 fully saturated rings. The van der Waals surface area contributed by atoms with Crippen LogP contribution >= 0.6 is 35.3 Å². The highest BCUT2D eigenvalue weighted by atomic mass is 127. The second kappa shape index (κ2) is 11.5. The van der Waals surface area contributed by atoms with E-state index in [4.69, 9.17) is 0 Å². The Balaban J connectivity index is 0.00000338. The van der Waals surface area contributed by atoms with Gasteiger partial charge in [-0.25, -0.2) is 18.1 Å². The molecular formula is C17H25IN4O2S2. The number of benzene rings is 1. The zero-order valence-corrected chi connectivity index (χ0v) is 18.8. The lowest BCUT2D eigenvalue weighted by atomic mass is 10.2. The molecule has 0 atom stereocenters. The first-order valence-electron chi connectivity index (χ1n) is 8.12. The fourth-order valence-electron chi connectivity index (χ4n) is 2.16. The average Bonchev–Trinajstić information content (AvgIpc) is 3.13. The minimum Gasteiger partial charge on any atom is -0.357 e. The largest absolute Gasteiger partial charge is 0.357 e. The highest BCUT2D eigenvalue weighted by Gasteiger charge is 2.10. The summed E-state index contributed by atoms with van der Waals surface area (Å²) in [5, 5.41) is 8.60. The smallest absolute Gasteiger partial charge is 0.240 e. The van der Waals surface area contributed by atoms with E-state index in [2.05, 4.69) is 37.9 Å². The van der Waals surface area contributed by atoms with Crippen LogP contribution in [0.3, 0.4) is 0 Å². The van der Waals surface area contributed by atoms with E-state index in [9.17, 15) is 8.42 Å². The molecule has 2 aromatic rings. The highest BCUT2D eigenvalue weighted by Crippen LogP contribution is 2.11. The average molecular weight is 508 g/mol. The maximum Gasteiger partial charge on any atom is 0.240 e. The molecule has 0 radical (unpaired) electrons. The van der Waals surface area contributed by atoms with Crippen molar-refractivity contribution in [2.24, 2.45) is 4.99 Å². The maximum absolute atomic E-state index is 11.7. The summed E-state index contributed by atoms with van der Waals surface area (Å²) in [6.07, 6.45) is 0.957. The van der Waals surface area contributed by atoms with Crippen LogP contribution in [0.1, 0.15) is 17.4 Å². The van der Waals surface area contributed by atoms with Crippen molar-refractivity contribution in [2.45, 2.75) is 24.8 Å². The zero-order valence-electron chi connectivity index (χ0n) is 14.9. The molecule has 0 spiro atoms. The molecule has 0 unspecified atom stereocenters. The van der Waals surface area contributed by atoms with Gasteiger partial charge in [0, 0.05) is 18.0 Å². The molecule has 6 nitrogen and oxygen atoms in total. The Morgan fingerprint density at radius 1 is 1.15 bits per heavy atom. The third-order valence-corrected chi connectivity index (χ3v) is 5.88. The molecule has 0 aliphatic carbocycles. The molecule has 26 heavy (non-hydrogen) atoms. The molecule has 2 rings (SSSR count). The first-order valence-corrected chi connectivity index (χ1v) is 10.5.